The summed E-state index contributed by atoms with van der Waals surface area (Å²) in [5.74, 6) is 0.813. The Bertz CT molecular complexity index is 394. The third-order valence-electron chi connectivity index (χ3n) is 4.44. The highest BCUT2D eigenvalue weighted by Crippen LogP contribution is 2.27. The summed E-state index contributed by atoms with van der Waals surface area (Å²) in [5.41, 5.74) is 2.27. The monoisotopic (exact) mass is 263 g/mol. The van der Waals surface area contributed by atoms with Gasteiger partial charge >= 0.3 is 0 Å². The molecule has 0 aliphatic heterocycles. The van der Waals surface area contributed by atoms with E-state index in [9.17, 15) is 4.39 Å². The van der Waals surface area contributed by atoms with Gasteiger partial charge in [-0.1, -0.05) is 25.8 Å². The third-order valence-corrected chi connectivity index (χ3v) is 4.44. The molecule has 0 bridgehead atoms. The minimum Gasteiger partial charge on any atom is -0.310 e. The topological polar surface area (TPSA) is 12.0 Å². The van der Waals surface area contributed by atoms with Gasteiger partial charge in [0.05, 0.1) is 0 Å². The van der Waals surface area contributed by atoms with Crippen LogP contribution in [0.15, 0.2) is 18.2 Å². The normalized spacial score (nSPS) is 23.5. The first-order valence-electron chi connectivity index (χ1n) is 7.67. The highest BCUT2D eigenvalue weighted by molar-refractivity contribution is 5.26. The van der Waals surface area contributed by atoms with Gasteiger partial charge in [-0.05, 0) is 61.8 Å². The Morgan fingerprint density at radius 1 is 1.21 bits per heavy atom. The molecule has 2 rings (SSSR count). The van der Waals surface area contributed by atoms with Crippen molar-refractivity contribution >= 4 is 0 Å². The maximum Gasteiger partial charge on any atom is 0.123 e. The molecule has 1 aromatic rings. The van der Waals surface area contributed by atoms with Crippen LogP contribution in [0, 0.1) is 18.7 Å². The second-order valence-electron chi connectivity index (χ2n) is 5.96. The Kier molecular flexibility index (Phi) is 5.38. The van der Waals surface area contributed by atoms with Crippen molar-refractivity contribution in [2.75, 3.05) is 0 Å². The third kappa shape index (κ3) is 4.31. The van der Waals surface area contributed by atoms with Crippen LogP contribution in [-0.4, -0.2) is 6.04 Å². The molecular formula is C17H26FN. The molecule has 1 N–H and O–H groups in total. The maximum absolute atomic E-state index is 13.2. The van der Waals surface area contributed by atoms with Gasteiger partial charge in [0.25, 0.3) is 0 Å². The molecule has 1 fully saturated rings. The summed E-state index contributed by atoms with van der Waals surface area (Å²) in [5, 5.41) is 3.60. The highest BCUT2D eigenvalue weighted by Gasteiger charge is 2.20. The van der Waals surface area contributed by atoms with Gasteiger partial charge in [-0.15, -0.1) is 0 Å². The Morgan fingerprint density at radius 2 is 1.95 bits per heavy atom. The van der Waals surface area contributed by atoms with Crippen molar-refractivity contribution in [3.05, 3.63) is 35.1 Å². The molecule has 1 aliphatic rings. The van der Waals surface area contributed by atoms with Gasteiger partial charge in [-0.3, -0.25) is 0 Å². The van der Waals surface area contributed by atoms with Crippen molar-refractivity contribution in [3.8, 4) is 0 Å². The predicted octanol–water partition coefficient (Wildman–Crippen LogP) is 4.58. The van der Waals surface area contributed by atoms with E-state index in [1.165, 1.54) is 50.2 Å². The van der Waals surface area contributed by atoms with Gasteiger partial charge in [0.15, 0.2) is 0 Å². The number of hydrogen-bond acceptors (Lipinski definition) is 1. The molecule has 0 spiro atoms. The molecule has 0 unspecified atom stereocenters. The number of halogens is 1. The lowest BCUT2D eigenvalue weighted by Gasteiger charge is -2.29. The Balaban J connectivity index is 1.79. The van der Waals surface area contributed by atoms with Crippen molar-refractivity contribution < 1.29 is 4.39 Å². The summed E-state index contributed by atoms with van der Waals surface area (Å²) in [7, 11) is 0. The van der Waals surface area contributed by atoms with Gasteiger partial charge in [-0.2, -0.15) is 0 Å². The molecule has 0 heterocycles. The molecule has 2 heteroatoms. The van der Waals surface area contributed by atoms with E-state index in [0.717, 1.165) is 18.0 Å². The average molecular weight is 263 g/mol. The largest absolute Gasteiger partial charge is 0.310 e. The van der Waals surface area contributed by atoms with Crippen LogP contribution in [0.2, 0.25) is 0 Å². The molecule has 106 valence electrons. The van der Waals surface area contributed by atoms with Crippen LogP contribution in [0.3, 0.4) is 0 Å². The Labute approximate surface area is 116 Å². The quantitative estimate of drug-likeness (QED) is 0.819. The van der Waals surface area contributed by atoms with Crippen LogP contribution < -0.4 is 5.32 Å². The molecule has 0 radical (unpaired) electrons. The number of benzene rings is 1. The van der Waals surface area contributed by atoms with E-state index in [2.05, 4.69) is 19.2 Å². The Morgan fingerprint density at radius 3 is 2.63 bits per heavy atom. The van der Waals surface area contributed by atoms with Crippen molar-refractivity contribution in [1.29, 1.82) is 0 Å². The van der Waals surface area contributed by atoms with E-state index in [0.29, 0.717) is 6.04 Å². The van der Waals surface area contributed by atoms with E-state index < -0.39 is 0 Å². The van der Waals surface area contributed by atoms with Crippen LogP contribution in [-0.2, 0) is 6.54 Å². The molecular weight excluding hydrogens is 237 g/mol. The van der Waals surface area contributed by atoms with Crippen LogP contribution in [0.5, 0.6) is 0 Å². The molecule has 0 saturated heterocycles. The van der Waals surface area contributed by atoms with Crippen LogP contribution in [0.1, 0.15) is 56.6 Å². The molecule has 1 nitrogen and oxygen atoms in total. The van der Waals surface area contributed by atoms with Crippen LogP contribution in [0.4, 0.5) is 4.39 Å². The standard InChI is InChI=1S/C17H26FN/c1-3-4-14-6-9-17(10-7-14)19-12-15-11-16(18)8-5-13(15)2/h5,8,11,14,17,19H,3-4,6-7,9-10,12H2,1-2H3. The van der Waals surface area contributed by atoms with Crippen molar-refractivity contribution in [2.24, 2.45) is 5.92 Å². The highest BCUT2D eigenvalue weighted by atomic mass is 19.1. The fourth-order valence-electron chi connectivity index (χ4n) is 3.15. The van der Waals surface area contributed by atoms with E-state index >= 15 is 0 Å². The van der Waals surface area contributed by atoms with E-state index in [1.54, 1.807) is 6.07 Å². The second kappa shape index (κ2) is 7.04. The molecule has 0 amide bonds. The fourth-order valence-corrected chi connectivity index (χ4v) is 3.15. The lowest BCUT2D eigenvalue weighted by Crippen LogP contribution is -2.32. The summed E-state index contributed by atoms with van der Waals surface area (Å²) >= 11 is 0. The van der Waals surface area contributed by atoms with Gasteiger partial charge in [0.1, 0.15) is 5.82 Å². The summed E-state index contributed by atoms with van der Waals surface area (Å²) < 4.78 is 13.2. The average Bonchev–Trinajstić information content (AvgIpc) is 2.42. The summed E-state index contributed by atoms with van der Waals surface area (Å²) in [6.45, 7) is 5.12. The summed E-state index contributed by atoms with van der Waals surface area (Å²) in [6.07, 6.45) is 7.96. The molecule has 19 heavy (non-hydrogen) atoms. The number of rotatable bonds is 5. The minimum absolute atomic E-state index is 0.131. The minimum atomic E-state index is -0.131. The van der Waals surface area contributed by atoms with Gasteiger partial charge in [0, 0.05) is 12.6 Å². The van der Waals surface area contributed by atoms with E-state index in [4.69, 9.17) is 0 Å². The predicted molar refractivity (Wildman–Crippen MR) is 78.6 cm³/mol. The Hall–Kier alpha value is -0.890. The summed E-state index contributed by atoms with van der Waals surface area (Å²) in [6, 6.07) is 5.68. The zero-order valence-corrected chi connectivity index (χ0v) is 12.2. The van der Waals surface area contributed by atoms with Gasteiger partial charge < -0.3 is 5.32 Å². The molecule has 0 aromatic heterocycles. The SMILES string of the molecule is CCCC1CCC(NCc2cc(F)ccc2C)CC1. The smallest absolute Gasteiger partial charge is 0.123 e. The van der Waals surface area contributed by atoms with Gasteiger partial charge in [0.2, 0.25) is 0 Å². The van der Waals surface area contributed by atoms with E-state index in [-0.39, 0.29) is 5.82 Å². The number of hydrogen-bond donors (Lipinski definition) is 1. The van der Waals surface area contributed by atoms with Gasteiger partial charge in [-0.25, -0.2) is 4.39 Å². The second-order valence-corrected chi connectivity index (χ2v) is 5.96. The van der Waals surface area contributed by atoms with Crippen LogP contribution in [0.25, 0.3) is 0 Å². The van der Waals surface area contributed by atoms with E-state index in [1.807, 2.05) is 6.07 Å². The number of aryl methyl sites for hydroxylation is 1. The lowest BCUT2D eigenvalue weighted by atomic mass is 9.83. The lowest BCUT2D eigenvalue weighted by molar-refractivity contribution is 0.277. The van der Waals surface area contributed by atoms with Crippen molar-refractivity contribution in [1.82, 2.24) is 5.32 Å². The first kappa shape index (κ1) is 14.5. The molecule has 1 aromatic carbocycles. The van der Waals surface area contributed by atoms with Crippen LogP contribution >= 0.6 is 0 Å². The van der Waals surface area contributed by atoms with Crippen molar-refractivity contribution in [3.63, 3.8) is 0 Å². The molecule has 1 saturated carbocycles. The zero-order valence-electron chi connectivity index (χ0n) is 12.2. The first-order valence-corrected chi connectivity index (χ1v) is 7.67. The molecule has 1 aliphatic carbocycles. The summed E-state index contributed by atoms with van der Waals surface area (Å²) in [4.78, 5) is 0. The molecule has 0 atom stereocenters. The fraction of sp³-hybridized carbons (Fsp3) is 0.647. The maximum atomic E-state index is 13.2. The van der Waals surface area contributed by atoms with Crippen molar-refractivity contribution in [2.45, 2.75) is 65.0 Å². The zero-order chi connectivity index (χ0) is 13.7. The number of nitrogens with one attached hydrogen (secondary N) is 1. The first-order chi connectivity index (χ1) is 9.19.